The summed E-state index contributed by atoms with van der Waals surface area (Å²) in [4.78, 5) is 26.4. The molecule has 2 aromatic carbocycles. The first-order chi connectivity index (χ1) is 11.6. The number of benzene rings is 2. The summed E-state index contributed by atoms with van der Waals surface area (Å²) < 4.78 is 14.1. The van der Waals surface area contributed by atoms with Gasteiger partial charge in [0.15, 0.2) is 0 Å². The van der Waals surface area contributed by atoms with E-state index in [0.29, 0.717) is 18.1 Å². The predicted molar refractivity (Wildman–Crippen MR) is 89.0 cm³/mol. The van der Waals surface area contributed by atoms with E-state index in [1.54, 1.807) is 36.4 Å². The summed E-state index contributed by atoms with van der Waals surface area (Å²) in [6.07, 6.45) is 0.134. The van der Waals surface area contributed by atoms with E-state index in [1.165, 1.54) is 17.0 Å². The summed E-state index contributed by atoms with van der Waals surface area (Å²) in [7, 11) is 0. The zero-order valence-electron chi connectivity index (χ0n) is 12.8. The van der Waals surface area contributed by atoms with Gasteiger partial charge in [0.1, 0.15) is 11.9 Å². The Bertz CT molecular complexity index is 764. The Morgan fingerprint density at radius 1 is 1.21 bits per heavy atom. The van der Waals surface area contributed by atoms with Crippen molar-refractivity contribution in [2.24, 2.45) is 0 Å². The highest BCUT2D eigenvalue weighted by molar-refractivity contribution is 6.30. The molecule has 1 N–H and O–H groups in total. The SMILES string of the molecule is O=C1NCCN(C(=O)Cc2ccc(Cl)cc2)C1c1ccccc1F. The Balaban J connectivity index is 1.86. The van der Waals surface area contributed by atoms with Crippen LogP contribution >= 0.6 is 11.6 Å². The second-order valence-corrected chi connectivity index (χ2v) is 6.04. The van der Waals surface area contributed by atoms with Crippen LogP contribution in [0.15, 0.2) is 48.5 Å². The molecule has 2 aromatic rings. The molecule has 1 atom stereocenters. The van der Waals surface area contributed by atoms with Gasteiger partial charge in [-0.1, -0.05) is 41.9 Å². The van der Waals surface area contributed by atoms with Gasteiger partial charge in [-0.15, -0.1) is 0 Å². The fourth-order valence-electron chi connectivity index (χ4n) is 2.82. The molecular weight excluding hydrogens is 331 g/mol. The van der Waals surface area contributed by atoms with Crippen molar-refractivity contribution in [2.45, 2.75) is 12.5 Å². The maximum absolute atomic E-state index is 14.1. The molecule has 3 rings (SSSR count). The molecule has 2 amide bonds. The molecule has 1 aliphatic heterocycles. The lowest BCUT2D eigenvalue weighted by atomic mass is 10.0. The lowest BCUT2D eigenvalue weighted by Crippen LogP contribution is -2.52. The number of piperazine rings is 1. The van der Waals surface area contributed by atoms with Gasteiger partial charge in [0.25, 0.3) is 0 Å². The average molecular weight is 347 g/mol. The maximum Gasteiger partial charge on any atom is 0.247 e. The third-order valence-corrected chi connectivity index (χ3v) is 4.25. The van der Waals surface area contributed by atoms with Crippen molar-refractivity contribution in [3.05, 3.63) is 70.5 Å². The summed E-state index contributed by atoms with van der Waals surface area (Å²) in [6.45, 7) is 0.702. The van der Waals surface area contributed by atoms with Crippen molar-refractivity contribution in [1.82, 2.24) is 10.2 Å². The Labute approximate surface area is 144 Å². The van der Waals surface area contributed by atoms with Crippen LogP contribution in [0.4, 0.5) is 4.39 Å². The zero-order valence-corrected chi connectivity index (χ0v) is 13.6. The molecule has 0 saturated carbocycles. The highest BCUT2D eigenvalue weighted by atomic mass is 35.5. The topological polar surface area (TPSA) is 49.4 Å². The number of hydrogen-bond acceptors (Lipinski definition) is 2. The lowest BCUT2D eigenvalue weighted by Gasteiger charge is -2.35. The second kappa shape index (κ2) is 7.01. The van der Waals surface area contributed by atoms with Crippen LogP contribution in [0.3, 0.4) is 0 Å². The molecule has 1 fully saturated rings. The summed E-state index contributed by atoms with van der Waals surface area (Å²) in [6, 6.07) is 12.0. The van der Waals surface area contributed by atoms with Gasteiger partial charge >= 0.3 is 0 Å². The quantitative estimate of drug-likeness (QED) is 0.929. The van der Waals surface area contributed by atoms with E-state index in [1.807, 2.05) is 0 Å². The number of carbonyl (C=O) groups is 2. The molecule has 4 nitrogen and oxygen atoms in total. The number of nitrogens with one attached hydrogen (secondary N) is 1. The van der Waals surface area contributed by atoms with Crippen LogP contribution in [-0.4, -0.2) is 29.8 Å². The molecule has 0 bridgehead atoms. The smallest absolute Gasteiger partial charge is 0.247 e. The predicted octanol–water partition coefficient (Wildman–Crippen LogP) is 2.72. The first-order valence-corrected chi connectivity index (χ1v) is 8.00. The summed E-state index contributed by atoms with van der Waals surface area (Å²) in [5, 5.41) is 3.29. The molecule has 1 heterocycles. The Morgan fingerprint density at radius 2 is 1.92 bits per heavy atom. The van der Waals surface area contributed by atoms with Crippen LogP contribution in [0.1, 0.15) is 17.2 Å². The number of amides is 2. The summed E-state index contributed by atoms with van der Waals surface area (Å²) >= 11 is 5.85. The highest BCUT2D eigenvalue weighted by Gasteiger charge is 2.35. The fraction of sp³-hybridized carbons (Fsp3) is 0.222. The molecule has 1 saturated heterocycles. The van der Waals surface area contributed by atoms with Gasteiger partial charge in [0, 0.05) is 23.7 Å². The molecule has 0 aliphatic carbocycles. The van der Waals surface area contributed by atoms with Gasteiger partial charge in [-0.25, -0.2) is 4.39 Å². The number of nitrogens with zero attached hydrogens (tertiary/aromatic N) is 1. The second-order valence-electron chi connectivity index (χ2n) is 5.61. The highest BCUT2D eigenvalue weighted by Crippen LogP contribution is 2.26. The minimum Gasteiger partial charge on any atom is -0.352 e. The Morgan fingerprint density at radius 3 is 2.62 bits per heavy atom. The van der Waals surface area contributed by atoms with E-state index in [9.17, 15) is 14.0 Å². The van der Waals surface area contributed by atoms with Gasteiger partial charge in [0.2, 0.25) is 11.8 Å². The third kappa shape index (κ3) is 3.41. The van der Waals surface area contributed by atoms with Gasteiger partial charge in [-0.3, -0.25) is 9.59 Å². The molecule has 24 heavy (non-hydrogen) atoms. The minimum absolute atomic E-state index is 0.134. The number of rotatable bonds is 3. The molecule has 124 valence electrons. The molecule has 1 aliphatic rings. The van der Waals surface area contributed by atoms with Crippen LogP contribution in [0.5, 0.6) is 0 Å². The third-order valence-electron chi connectivity index (χ3n) is 4.00. The number of carbonyl (C=O) groups excluding carboxylic acids is 2. The Kier molecular flexibility index (Phi) is 4.81. The number of hydrogen-bond donors (Lipinski definition) is 1. The molecule has 0 spiro atoms. The van der Waals surface area contributed by atoms with Crippen LogP contribution in [-0.2, 0) is 16.0 Å². The van der Waals surface area contributed by atoms with E-state index in [4.69, 9.17) is 11.6 Å². The van der Waals surface area contributed by atoms with Crippen LogP contribution in [0.25, 0.3) is 0 Å². The van der Waals surface area contributed by atoms with E-state index < -0.39 is 11.9 Å². The van der Waals surface area contributed by atoms with Crippen LogP contribution in [0.2, 0.25) is 5.02 Å². The van der Waals surface area contributed by atoms with Crippen molar-refractivity contribution < 1.29 is 14.0 Å². The average Bonchev–Trinajstić information content (AvgIpc) is 2.57. The van der Waals surface area contributed by atoms with Crippen molar-refractivity contribution in [1.29, 1.82) is 0 Å². The van der Waals surface area contributed by atoms with E-state index in [0.717, 1.165) is 5.56 Å². The standard InChI is InChI=1S/C18H16ClFN2O2/c19-13-7-5-12(6-8-13)11-16(23)22-10-9-21-18(24)17(22)14-3-1-2-4-15(14)20/h1-8,17H,9-11H2,(H,21,24). The maximum atomic E-state index is 14.1. The molecule has 1 unspecified atom stereocenters. The van der Waals surface area contributed by atoms with Gasteiger partial charge in [0.05, 0.1) is 6.42 Å². The first-order valence-electron chi connectivity index (χ1n) is 7.62. The van der Waals surface area contributed by atoms with Crippen LogP contribution < -0.4 is 5.32 Å². The van der Waals surface area contributed by atoms with Crippen molar-refractivity contribution in [3.8, 4) is 0 Å². The van der Waals surface area contributed by atoms with Gasteiger partial charge in [-0.05, 0) is 23.8 Å². The fourth-order valence-corrected chi connectivity index (χ4v) is 2.95. The van der Waals surface area contributed by atoms with Gasteiger partial charge < -0.3 is 10.2 Å². The normalized spacial score (nSPS) is 17.5. The van der Waals surface area contributed by atoms with Crippen molar-refractivity contribution in [3.63, 3.8) is 0 Å². The van der Waals surface area contributed by atoms with Crippen molar-refractivity contribution in [2.75, 3.05) is 13.1 Å². The van der Waals surface area contributed by atoms with Gasteiger partial charge in [-0.2, -0.15) is 0 Å². The molecule has 0 aromatic heterocycles. The summed E-state index contributed by atoms with van der Waals surface area (Å²) in [5.41, 5.74) is 1.00. The monoisotopic (exact) mass is 346 g/mol. The van der Waals surface area contributed by atoms with Crippen molar-refractivity contribution >= 4 is 23.4 Å². The van der Waals surface area contributed by atoms with E-state index >= 15 is 0 Å². The molecule has 6 heteroatoms. The van der Waals surface area contributed by atoms with E-state index in [-0.39, 0.29) is 23.8 Å². The zero-order chi connectivity index (χ0) is 17.1. The largest absolute Gasteiger partial charge is 0.352 e. The molecule has 0 radical (unpaired) electrons. The molecular formula is C18H16ClFN2O2. The number of halogens is 2. The first kappa shape index (κ1) is 16.5. The lowest BCUT2D eigenvalue weighted by molar-refractivity contribution is -0.143. The van der Waals surface area contributed by atoms with E-state index in [2.05, 4.69) is 5.32 Å². The van der Waals surface area contributed by atoms with Crippen LogP contribution in [0, 0.1) is 5.82 Å². The summed E-state index contributed by atoms with van der Waals surface area (Å²) in [5.74, 6) is -1.08. The minimum atomic E-state index is -0.945. The Hall–Kier alpha value is -2.40.